The van der Waals surface area contributed by atoms with Crippen LogP contribution in [0.25, 0.3) is 0 Å². The third-order valence-electron chi connectivity index (χ3n) is 2.95. The second-order valence-corrected chi connectivity index (χ2v) is 4.85. The van der Waals surface area contributed by atoms with E-state index in [2.05, 4.69) is 22.1 Å². The molecule has 1 aromatic carbocycles. The number of amides is 1. The van der Waals surface area contributed by atoms with E-state index in [-0.39, 0.29) is 5.56 Å². The Kier molecular flexibility index (Phi) is 4.64. The normalized spacial score (nSPS) is 11.9. The number of carbonyl (C=O) groups excluding carboxylic acids is 1. The predicted octanol–water partition coefficient (Wildman–Crippen LogP) is 2.76. The van der Waals surface area contributed by atoms with Crippen LogP contribution in [-0.2, 0) is 6.54 Å². The smallest absolute Gasteiger partial charge is 0.254 e. The lowest BCUT2D eigenvalue weighted by atomic mass is 10.2. The highest BCUT2D eigenvalue weighted by Crippen LogP contribution is 2.13. The number of allylic oxidation sites excluding steroid dienone is 1. The van der Waals surface area contributed by atoms with Crippen molar-refractivity contribution < 1.29 is 9.18 Å². The summed E-state index contributed by atoms with van der Waals surface area (Å²) >= 11 is 5.11. The average Bonchev–Trinajstić information content (AvgIpc) is 2.81. The highest BCUT2D eigenvalue weighted by Gasteiger charge is 2.18. The van der Waals surface area contributed by atoms with Gasteiger partial charge in [0.25, 0.3) is 5.91 Å². The molecule has 0 fully saturated rings. The third-order valence-corrected chi connectivity index (χ3v) is 3.26. The first kappa shape index (κ1) is 15.1. The maximum absolute atomic E-state index is 13.6. The minimum absolute atomic E-state index is 0.00578. The van der Waals surface area contributed by atoms with Crippen molar-refractivity contribution in [2.24, 2.45) is 0 Å². The molecular formula is C14H15FN4OS. The van der Waals surface area contributed by atoms with Gasteiger partial charge in [0, 0.05) is 6.54 Å². The number of aromatic nitrogens is 3. The zero-order valence-electron chi connectivity index (χ0n) is 11.5. The molecule has 2 aromatic rings. The van der Waals surface area contributed by atoms with Crippen LogP contribution >= 0.6 is 12.2 Å². The van der Waals surface area contributed by atoms with Crippen LogP contribution in [0.5, 0.6) is 0 Å². The first-order chi connectivity index (χ1) is 10.0. The Morgan fingerprint density at radius 1 is 1.62 bits per heavy atom. The van der Waals surface area contributed by atoms with E-state index in [9.17, 15) is 9.18 Å². The van der Waals surface area contributed by atoms with Gasteiger partial charge in [0.1, 0.15) is 5.82 Å². The molecule has 1 heterocycles. The highest BCUT2D eigenvalue weighted by atomic mass is 32.1. The van der Waals surface area contributed by atoms with Gasteiger partial charge in [0.05, 0.1) is 11.6 Å². The van der Waals surface area contributed by atoms with Crippen LogP contribution in [0, 0.1) is 10.6 Å². The van der Waals surface area contributed by atoms with Crippen molar-refractivity contribution in [3.8, 4) is 0 Å². The van der Waals surface area contributed by atoms with Crippen LogP contribution in [0.2, 0.25) is 0 Å². The molecule has 7 heteroatoms. The van der Waals surface area contributed by atoms with Gasteiger partial charge in [-0.1, -0.05) is 18.2 Å². The lowest BCUT2D eigenvalue weighted by molar-refractivity contribution is 0.0933. The summed E-state index contributed by atoms with van der Waals surface area (Å²) in [4.78, 5) is 12.1. The summed E-state index contributed by atoms with van der Waals surface area (Å²) < 4.78 is 15.7. The number of H-pyrrole nitrogens is 1. The largest absolute Gasteiger partial charge is 0.342 e. The first-order valence-corrected chi connectivity index (χ1v) is 6.76. The van der Waals surface area contributed by atoms with Crippen LogP contribution in [-0.4, -0.2) is 20.7 Å². The Labute approximate surface area is 126 Å². The van der Waals surface area contributed by atoms with Crippen molar-refractivity contribution in [1.29, 1.82) is 0 Å². The fraction of sp³-hybridized carbons (Fsp3) is 0.214. The molecule has 1 unspecified atom stereocenters. The minimum Gasteiger partial charge on any atom is -0.342 e. The summed E-state index contributed by atoms with van der Waals surface area (Å²) in [6.45, 7) is 5.88. The van der Waals surface area contributed by atoms with Gasteiger partial charge in [-0.3, -0.25) is 14.5 Å². The van der Waals surface area contributed by atoms with Crippen LogP contribution < -0.4 is 5.32 Å². The van der Waals surface area contributed by atoms with E-state index < -0.39 is 17.8 Å². The molecule has 2 rings (SSSR count). The monoisotopic (exact) mass is 306 g/mol. The standard InChI is InChI=1S/C14H15FN4OS/c1-3-8-19-12(17-18-14(19)21)9(2)16-13(20)10-6-4-5-7-11(10)15/h3-7,9H,1,8H2,2H3,(H,16,20)(H,18,21). The maximum atomic E-state index is 13.6. The van der Waals surface area contributed by atoms with Gasteiger partial charge >= 0.3 is 0 Å². The summed E-state index contributed by atoms with van der Waals surface area (Å²) in [5.74, 6) is -0.503. The Morgan fingerprint density at radius 2 is 2.33 bits per heavy atom. The third kappa shape index (κ3) is 3.25. The van der Waals surface area contributed by atoms with Crippen LogP contribution in [0.15, 0.2) is 36.9 Å². The molecule has 5 nitrogen and oxygen atoms in total. The van der Waals surface area contributed by atoms with Gasteiger partial charge in [-0.15, -0.1) is 6.58 Å². The Balaban J connectivity index is 2.20. The highest BCUT2D eigenvalue weighted by molar-refractivity contribution is 7.71. The van der Waals surface area contributed by atoms with E-state index in [1.54, 1.807) is 23.6 Å². The Hall–Kier alpha value is -2.28. The van der Waals surface area contributed by atoms with E-state index in [0.29, 0.717) is 17.1 Å². The number of hydrogen-bond donors (Lipinski definition) is 2. The zero-order valence-corrected chi connectivity index (χ0v) is 12.3. The fourth-order valence-corrected chi connectivity index (χ4v) is 2.16. The van der Waals surface area contributed by atoms with Gasteiger partial charge in [-0.05, 0) is 31.3 Å². The summed E-state index contributed by atoms with van der Waals surface area (Å²) in [7, 11) is 0. The molecule has 0 aliphatic rings. The number of carbonyl (C=O) groups is 1. The molecule has 1 amide bonds. The summed E-state index contributed by atoms with van der Waals surface area (Å²) in [6.07, 6.45) is 1.68. The molecular weight excluding hydrogens is 291 g/mol. The second kappa shape index (κ2) is 6.45. The van der Waals surface area contributed by atoms with Crippen molar-refractivity contribution in [3.05, 3.63) is 58.9 Å². The molecule has 0 bridgehead atoms. The topological polar surface area (TPSA) is 62.7 Å². The Bertz CT molecular complexity index is 722. The molecule has 0 spiro atoms. The van der Waals surface area contributed by atoms with Crippen LogP contribution in [0.3, 0.4) is 0 Å². The molecule has 0 aliphatic heterocycles. The van der Waals surface area contributed by atoms with Gasteiger partial charge in [-0.2, -0.15) is 5.10 Å². The summed E-state index contributed by atoms with van der Waals surface area (Å²) in [6, 6.07) is 5.39. The van der Waals surface area contributed by atoms with Crippen molar-refractivity contribution in [2.75, 3.05) is 0 Å². The number of benzene rings is 1. The molecule has 2 N–H and O–H groups in total. The average molecular weight is 306 g/mol. The fourth-order valence-electron chi connectivity index (χ4n) is 1.95. The van der Waals surface area contributed by atoms with E-state index >= 15 is 0 Å². The predicted molar refractivity (Wildman–Crippen MR) is 79.9 cm³/mol. The van der Waals surface area contributed by atoms with Crippen molar-refractivity contribution in [1.82, 2.24) is 20.1 Å². The maximum Gasteiger partial charge on any atom is 0.254 e. The van der Waals surface area contributed by atoms with Gasteiger partial charge in [0.2, 0.25) is 0 Å². The minimum atomic E-state index is -0.563. The molecule has 0 saturated heterocycles. The number of nitrogens with one attached hydrogen (secondary N) is 2. The number of halogens is 1. The van der Waals surface area contributed by atoms with Crippen molar-refractivity contribution in [2.45, 2.75) is 19.5 Å². The number of hydrogen-bond acceptors (Lipinski definition) is 3. The quantitative estimate of drug-likeness (QED) is 0.659. The molecule has 110 valence electrons. The number of aromatic amines is 1. The van der Waals surface area contributed by atoms with Crippen molar-refractivity contribution >= 4 is 18.1 Å². The zero-order chi connectivity index (χ0) is 15.4. The van der Waals surface area contributed by atoms with E-state index in [1.807, 2.05) is 0 Å². The summed E-state index contributed by atoms with van der Waals surface area (Å²) in [5.41, 5.74) is -0.00578. The van der Waals surface area contributed by atoms with Gasteiger partial charge in [0.15, 0.2) is 10.6 Å². The molecule has 1 atom stereocenters. The number of nitrogens with zero attached hydrogens (tertiary/aromatic N) is 2. The summed E-state index contributed by atoms with van der Waals surface area (Å²) in [5, 5.41) is 9.47. The lowest BCUT2D eigenvalue weighted by Gasteiger charge is -2.14. The second-order valence-electron chi connectivity index (χ2n) is 4.46. The van der Waals surface area contributed by atoms with Gasteiger partial charge < -0.3 is 5.32 Å². The Morgan fingerprint density at radius 3 is 3.00 bits per heavy atom. The number of rotatable bonds is 5. The van der Waals surface area contributed by atoms with Crippen LogP contribution in [0.1, 0.15) is 29.1 Å². The molecule has 21 heavy (non-hydrogen) atoms. The molecule has 1 aromatic heterocycles. The van der Waals surface area contributed by atoms with E-state index in [1.165, 1.54) is 18.2 Å². The SMILES string of the molecule is C=CCn1c(C(C)NC(=O)c2ccccc2F)n[nH]c1=S. The van der Waals surface area contributed by atoms with Crippen LogP contribution in [0.4, 0.5) is 4.39 Å². The first-order valence-electron chi connectivity index (χ1n) is 6.36. The molecule has 0 radical (unpaired) electrons. The van der Waals surface area contributed by atoms with E-state index in [0.717, 1.165) is 0 Å². The van der Waals surface area contributed by atoms with E-state index in [4.69, 9.17) is 12.2 Å². The molecule has 0 saturated carbocycles. The van der Waals surface area contributed by atoms with Gasteiger partial charge in [-0.25, -0.2) is 4.39 Å². The molecule has 0 aliphatic carbocycles. The van der Waals surface area contributed by atoms with Crippen molar-refractivity contribution in [3.63, 3.8) is 0 Å². The lowest BCUT2D eigenvalue weighted by Crippen LogP contribution is -2.29.